The maximum atomic E-state index is 13.2. The molecule has 10 heteroatoms. The van der Waals surface area contributed by atoms with Crippen LogP contribution in [0.25, 0.3) is 5.69 Å². The fraction of sp³-hybridized carbons (Fsp3) is 0.0556. The van der Waals surface area contributed by atoms with Crippen LogP contribution in [-0.2, 0) is 6.18 Å². The van der Waals surface area contributed by atoms with E-state index in [1.807, 2.05) is 0 Å². The van der Waals surface area contributed by atoms with Gasteiger partial charge in [-0.25, -0.2) is 4.68 Å². The molecule has 6 nitrogen and oxygen atoms in total. The Morgan fingerprint density at radius 2 is 1.64 bits per heavy atom. The SMILES string of the molecule is O=C(Nc1ccc(-n2ncc(C(=O)[O-])c2C(F)(F)F)cc1)c1ccc(Cl)cc1. The van der Waals surface area contributed by atoms with Gasteiger partial charge in [0.05, 0.1) is 17.9 Å². The number of aromatic nitrogens is 2. The van der Waals surface area contributed by atoms with E-state index in [-0.39, 0.29) is 5.69 Å². The average Bonchev–Trinajstić information content (AvgIpc) is 3.09. The number of rotatable bonds is 4. The first-order valence-corrected chi connectivity index (χ1v) is 8.08. The van der Waals surface area contributed by atoms with Crippen LogP contribution in [0.3, 0.4) is 0 Å². The van der Waals surface area contributed by atoms with Crippen LogP contribution in [0.2, 0.25) is 5.02 Å². The molecule has 0 aliphatic carbocycles. The van der Waals surface area contributed by atoms with Crippen LogP contribution in [0, 0.1) is 0 Å². The van der Waals surface area contributed by atoms with Gasteiger partial charge in [0.2, 0.25) is 0 Å². The summed E-state index contributed by atoms with van der Waals surface area (Å²) in [5.74, 6) is -2.41. The molecule has 0 saturated heterocycles. The molecule has 144 valence electrons. The van der Waals surface area contributed by atoms with Crippen molar-refractivity contribution < 1.29 is 27.9 Å². The van der Waals surface area contributed by atoms with Gasteiger partial charge in [-0.1, -0.05) is 11.6 Å². The lowest BCUT2D eigenvalue weighted by molar-refractivity contribution is -0.255. The number of carbonyl (C=O) groups excluding carboxylic acids is 2. The van der Waals surface area contributed by atoms with Gasteiger partial charge in [0.1, 0.15) is 0 Å². The van der Waals surface area contributed by atoms with Gasteiger partial charge in [0.25, 0.3) is 5.91 Å². The first-order chi connectivity index (χ1) is 13.2. The summed E-state index contributed by atoms with van der Waals surface area (Å²) in [5.41, 5.74) is -1.88. The second-order valence-electron chi connectivity index (χ2n) is 5.61. The second-order valence-corrected chi connectivity index (χ2v) is 6.05. The number of nitrogens with one attached hydrogen (secondary N) is 1. The zero-order chi connectivity index (χ0) is 20.5. The van der Waals surface area contributed by atoms with Crippen molar-refractivity contribution in [3.05, 3.63) is 76.6 Å². The summed E-state index contributed by atoms with van der Waals surface area (Å²) in [4.78, 5) is 23.1. The van der Waals surface area contributed by atoms with Crippen LogP contribution in [-0.4, -0.2) is 21.7 Å². The zero-order valence-electron chi connectivity index (χ0n) is 13.8. The van der Waals surface area contributed by atoms with E-state index < -0.39 is 29.3 Å². The standard InChI is InChI=1S/C18H11ClF3N3O3/c19-11-3-1-10(2-4-11)16(26)24-12-5-7-13(8-6-12)25-15(18(20,21)22)14(9-23-25)17(27)28/h1-9H,(H,24,26)(H,27,28)/p-1. The Kier molecular flexibility index (Phi) is 5.10. The van der Waals surface area contributed by atoms with Crippen molar-refractivity contribution in [2.75, 3.05) is 5.32 Å². The van der Waals surface area contributed by atoms with Crippen LogP contribution >= 0.6 is 11.6 Å². The maximum Gasteiger partial charge on any atom is 0.434 e. The van der Waals surface area contributed by atoms with Gasteiger partial charge in [0.15, 0.2) is 5.69 Å². The lowest BCUT2D eigenvalue weighted by Gasteiger charge is -2.13. The molecule has 2 aromatic carbocycles. The van der Waals surface area contributed by atoms with Crippen LogP contribution in [0.4, 0.5) is 18.9 Å². The molecule has 0 aliphatic heterocycles. The zero-order valence-corrected chi connectivity index (χ0v) is 14.6. The molecular weight excluding hydrogens is 399 g/mol. The summed E-state index contributed by atoms with van der Waals surface area (Å²) in [6.45, 7) is 0. The molecule has 1 aromatic heterocycles. The van der Waals surface area contributed by atoms with E-state index in [2.05, 4.69) is 10.4 Å². The van der Waals surface area contributed by atoms with Crippen molar-refractivity contribution in [2.24, 2.45) is 0 Å². The summed E-state index contributed by atoms with van der Waals surface area (Å²) in [5, 5.41) is 17.5. The predicted molar refractivity (Wildman–Crippen MR) is 92.3 cm³/mol. The van der Waals surface area contributed by atoms with Crippen molar-refractivity contribution >= 4 is 29.2 Å². The third-order valence-corrected chi connectivity index (χ3v) is 3.99. The number of hydrogen-bond donors (Lipinski definition) is 1. The second kappa shape index (κ2) is 7.35. The molecular formula is C18H10ClF3N3O3-. The number of aromatic carboxylic acids is 1. The number of halogens is 4. The minimum atomic E-state index is -4.95. The van der Waals surface area contributed by atoms with Crippen molar-refractivity contribution in [1.29, 1.82) is 0 Å². The van der Waals surface area contributed by atoms with E-state index in [0.717, 1.165) is 0 Å². The molecule has 1 N–H and O–H groups in total. The highest BCUT2D eigenvalue weighted by atomic mass is 35.5. The molecule has 3 aromatic rings. The average molecular weight is 409 g/mol. The highest BCUT2D eigenvalue weighted by Gasteiger charge is 2.39. The van der Waals surface area contributed by atoms with E-state index in [9.17, 15) is 27.9 Å². The highest BCUT2D eigenvalue weighted by molar-refractivity contribution is 6.30. The van der Waals surface area contributed by atoms with E-state index in [4.69, 9.17) is 11.6 Å². The van der Waals surface area contributed by atoms with Crippen LogP contribution < -0.4 is 10.4 Å². The number of carboxylic acid groups (broad SMARTS) is 1. The Bertz CT molecular complexity index is 1030. The van der Waals surface area contributed by atoms with E-state index in [0.29, 0.717) is 27.2 Å². The smallest absolute Gasteiger partial charge is 0.434 e. The monoisotopic (exact) mass is 408 g/mol. The number of carbonyl (C=O) groups is 2. The fourth-order valence-corrected chi connectivity index (χ4v) is 2.58. The van der Waals surface area contributed by atoms with Gasteiger partial charge in [-0.05, 0) is 48.5 Å². The Morgan fingerprint density at radius 1 is 1.04 bits per heavy atom. The first-order valence-electron chi connectivity index (χ1n) is 7.71. The number of hydrogen-bond acceptors (Lipinski definition) is 4. The molecule has 0 spiro atoms. The third kappa shape index (κ3) is 3.99. The molecule has 1 heterocycles. The van der Waals surface area contributed by atoms with Gasteiger partial charge >= 0.3 is 6.18 Å². The molecule has 3 rings (SSSR count). The molecule has 1 amide bonds. The molecule has 0 saturated carbocycles. The van der Waals surface area contributed by atoms with Gasteiger partial charge in [-0.3, -0.25) is 4.79 Å². The summed E-state index contributed by atoms with van der Waals surface area (Å²) in [7, 11) is 0. The minimum absolute atomic E-state index is 0.0377. The van der Waals surface area contributed by atoms with E-state index in [1.54, 1.807) is 12.1 Å². The van der Waals surface area contributed by atoms with Gasteiger partial charge in [0, 0.05) is 21.8 Å². The lowest BCUT2D eigenvalue weighted by atomic mass is 10.2. The van der Waals surface area contributed by atoms with Gasteiger partial charge < -0.3 is 15.2 Å². The van der Waals surface area contributed by atoms with Crippen molar-refractivity contribution in [1.82, 2.24) is 9.78 Å². The van der Waals surface area contributed by atoms with Crippen LogP contribution in [0.1, 0.15) is 26.4 Å². The molecule has 0 radical (unpaired) electrons. The van der Waals surface area contributed by atoms with Crippen molar-refractivity contribution in [3.8, 4) is 5.69 Å². The predicted octanol–water partition coefficient (Wildman–Crippen LogP) is 3.16. The van der Waals surface area contributed by atoms with E-state index in [1.165, 1.54) is 36.4 Å². The topological polar surface area (TPSA) is 87.0 Å². The molecule has 0 fully saturated rings. The Balaban J connectivity index is 1.86. The molecule has 0 aliphatic rings. The number of nitrogens with zero attached hydrogens (tertiary/aromatic N) is 2. The number of alkyl halides is 3. The number of anilines is 1. The van der Waals surface area contributed by atoms with Crippen LogP contribution in [0.15, 0.2) is 54.7 Å². The number of benzene rings is 2. The number of amides is 1. The summed E-state index contributed by atoms with van der Waals surface area (Å²) in [6, 6.07) is 11.4. The van der Waals surface area contributed by atoms with Gasteiger partial charge in [-0.15, -0.1) is 0 Å². The fourth-order valence-electron chi connectivity index (χ4n) is 2.46. The van der Waals surface area contributed by atoms with Crippen molar-refractivity contribution in [3.63, 3.8) is 0 Å². The number of carboxylic acids is 1. The summed E-state index contributed by atoms with van der Waals surface area (Å²) >= 11 is 5.76. The normalized spacial score (nSPS) is 11.3. The van der Waals surface area contributed by atoms with Crippen LogP contribution in [0.5, 0.6) is 0 Å². The Labute approximate surface area is 161 Å². The highest BCUT2D eigenvalue weighted by Crippen LogP contribution is 2.33. The first kappa shape index (κ1) is 19.4. The Hall–Kier alpha value is -3.33. The quantitative estimate of drug-likeness (QED) is 0.718. The molecule has 0 atom stereocenters. The molecule has 28 heavy (non-hydrogen) atoms. The van der Waals surface area contributed by atoms with Crippen molar-refractivity contribution in [2.45, 2.75) is 6.18 Å². The third-order valence-electron chi connectivity index (χ3n) is 3.73. The summed E-state index contributed by atoms with van der Waals surface area (Å²) in [6.07, 6.45) is -4.37. The van der Waals surface area contributed by atoms with E-state index >= 15 is 0 Å². The largest absolute Gasteiger partial charge is 0.545 e. The lowest BCUT2D eigenvalue weighted by Crippen LogP contribution is -2.26. The molecule has 0 unspecified atom stereocenters. The summed E-state index contributed by atoms with van der Waals surface area (Å²) < 4.78 is 40.2. The van der Waals surface area contributed by atoms with Gasteiger partial charge in [-0.2, -0.15) is 18.3 Å². The minimum Gasteiger partial charge on any atom is -0.545 e. The maximum absolute atomic E-state index is 13.2. The molecule has 0 bridgehead atoms. The Morgan fingerprint density at radius 3 is 2.18 bits per heavy atom.